The topological polar surface area (TPSA) is 45.0 Å². The Hall–Kier alpha value is -1.53. The lowest BCUT2D eigenvalue weighted by molar-refractivity contribution is 0.238. The van der Waals surface area contributed by atoms with Crippen LogP contribution in [-0.2, 0) is 6.54 Å². The minimum absolute atomic E-state index is 0.594. The maximum Gasteiger partial charge on any atom is 0.136 e. The molecule has 0 aliphatic heterocycles. The van der Waals surface area contributed by atoms with Crippen LogP contribution in [0.15, 0.2) is 18.2 Å². The van der Waals surface area contributed by atoms with E-state index in [1.807, 2.05) is 18.2 Å². The molecule has 0 bridgehead atoms. The first-order valence-electron chi connectivity index (χ1n) is 7.42. The zero-order chi connectivity index (χ0) is 14.5. The third kappa shape index (κ3) is 3.74. The van der Waals surface area contributed by atoms with Gasteiger partial charge in [0, 0.05) is 12.6 Å². The lowest BCUT2D eigenvalue weighted by Gasteiger charge is -2.32. The zero-order valence-electron chi connectivity index (χ0n) is 12.6. The maximum atomic E-state index is 8.99. The molecule has 1 aliphatic rings. The van der Waals surface area contributed by atoms with E-state index in [1.54, 1.807) is 7.11 Å². The lowest BCUT2D eigenvalue weighted by atomic mass is 9.80. The molecule has 2 unspecified atom stereocenters. The first-order valence-corrected chi connectivity index (χ1v) is 7.42. The van der Waals surface area contributed by atoms with Gasteiger partial charge in [0.25, 0.3) is 0 Å². The molecule has 0 spiro atoms. The quantitative estimate of drug-likeness (QED) is 0.912. The molecule has 1 N–H and O–H groups in total. The highest BCUT2D eigenvalue weighted by Gasteiger charge is 2.23. The molecular weight excluding hydrogens is 248 g/mol. The zero-order valence-corrected chi connectivity index (χ0v) is 12.6. The Morgan fingerprint density at radius 3 is 2.55 bits per heavy atom. The molecule has 1 aromatic carbocycles. The Bertz CT molecular complexity index is 482. The Morgan fingerprint density at radius 2 is 1.95 bits per heavy atom. The minimum atomic E-state index is 0.594. The molecule has 108 valence electrons. The van der Waals surface area contributed by atoms with Crippen molar-refractivity contribution in [3.05, 3.63) is 29.3 Å². The van der Waals surface area contributed by atoms with Gasteiger partial charge in [0.1, 0.15) is 11.8 Å². The smallest absolute Gasteiger partial charge is 0.136 e. The molecule has 2 atom stereocenters. The molecular formula is C17H24N2O. The molecule has 1 saturated carbocycles. The van der Waals surface area contributed by atoms with E-state index in [0.29, 0.717) is 17.4 Å². The predicted molar refractivity (Wildman–Crippen MR) is 80.5 cm³/mol. The molecule has 0 amide bonds. The van der Waals surface area contributed by atoms with Crippen molar-refractivity contribution in [1.29, 1.82) is 5.26 Å². The van der Waals surface area contributed by atoms with Crippen molar-refractivity contribution in [3.63, 3.8) is 0 Å². The van der Waals surface area contributed by atoms with E-state index in [0.717, 1.165) is 18.4 Å². The van der Waals surface area contributed by atoms with E-state index in [-0.39, 0.29) is 0 Å². The Labute approximate surface area is 121 Å². The maximum absolute atomic E-state index is 8.99. The number of hydrogen-bond acceptors (Lipinski definition) is 3. The minimum Gasteiger partial charge on any atom is -0.495 e. The van der Waals surface area contributed by atoms with Gasteiger partial charge in [-0.2, -0.15) is 5.26 Å². The normalized spacial score (nSPS) is 26.0. The second-order valence-corrected chi connectivity index (χ2v) is 6.14. The van der Waals surface area contributed by atoms with Crippen molar-refractivity contribution < 1.29 is 4.74 Å². The van der Waals surface area contributed by atoms with Crippen molar-refractivity contribution in [1.82, 2.24) is 5.32 Å². The van der Waals surface area contributed by atoms with Crippen molar-refractivity contribution in [3.8, 4) is 11.8 Å². The first kappa shape index (κ1) is 14.9. The van der Waals surface area contributed by atoms with Crippen LogP contribution in [0.3, 0.4) is 0 Å². The van der Waals surface area contributed by atoms with Gasteiger partial charge in [-0.25, -0.2) is 0 Å². The number of nitrogens with one attached hydrogen (secondary N) is 1. The van der Waals surface area contributed by atoms with Crippen LogP contribution in [0.25, 0.3) is 0 Å². The average Bonchev–Trinajstić information content (AvgIpc) is 2.43. The summed E-state index contributed by atoms with van der Waals surface area (Å²) in [5.74, 6) is 2.29. The van der Waals surface area contributed by atoms with Crippen molar-refractivity contribution >= 4 is 0 Å². The van der Waals surface area contributed by atoms with E-state index in [1.165, 1.54) is 24.8 Å². The lowest BCUT2D eigenvalue weighted by Crippen LogP contribution is -2.35. The molecule has 3 nitrogen and oxygen atoms in total. The largest absolute Gasteiger partial charge is 0.495 e. The van der Waals surface area contributed by atoms with Crippen LogP contribution in [0.1, 0.15) is 44.2 Å². The van der Waals surface area contributed by atoms with Gasteiger partial charge in [-0.1, -0.05) is 19.9 Å². The second-order valence-electron chi connectivity index (χ2n) is 6.14. The Morgan fingerprint density at radius 1 is 1.25 bits per heavy atom. The molecule has 0 aromatic heterocycles. The van der Waals surface area contributed by atoms with E-state index in [9.17, 15) is 0 Å². The van der Waals surface area contributed by atoms with Crippen LogP contribution in [-0.4, -0.2) is 13.2 Å². The summed E-state index contributed by atoms with van der Waals surface area (Å²) in [6, 6.07) is 8.55. The highest BCUT2D eigenvalue weighted by Crippen LogP contribution is 2.28. The van der Waals surface area contributed by atoms with Crippen molar-refractivity contribution in [2.24, 2.45) is 11.8 Å². The number of benzene rings is 1. The summed E-state index contributed by atoms with van der Waals surface area (Å²) in [7, 11) is 1.61. The average molecular weight is 272 g/mol. The summed E-state index contributed by atoms with van der Waals surface area (Å²) in [5.41, 5.74) is 1.77. The van der Waals surface area contributed by atoms with E-state index in [4.69, 9.17) is 10.00 Å². The SMILES string of the molecule is COc1cc(CNC2CC(C)CC(C)C2)ccc1C#N. The van der Waals surface area contributed by atoms with E-state index in [2.05, 4.69) is 25.2 Å². The fourth-order valence-electron chi connectivity index (χ4n) is 3.31. The van der Waals surface area contributed by atoms with Crippen LogP contribution in [0, 0.1) is 23.2 Å². The van der Waals surface area contributed by atoms with Gasteiger partial charge in [0.05, 0.1) is 12.7 Å². The van der Waals surface area contributed by atoms with E-state index >= 15 is 0 Å². The number of ether oxygens (including phenoxy) is 1. The molecule has 1 aromatic rings. The van der Waals surface area contributed by atoms with Gasteiger partial charge in [0.15, 0.2) is 0 Å². The van der Waals surface area contributed by atoms with Gasteiger partial charge in [-0.05, 0) is 48.8 Å². The molecule has 3 heteroatoms. The van der Waals surface area contributed by atoms with Crippen LogP contribution in [0.5, 0.6) is 5.75 Å². The monoisotopic (exact) mass is 272 g/mol. The fraction of sp³-hybridized carbons (Fsp3) is 0.588. The number of nitrogens with zero attached hydrogens (tertiary/aromatic N) is 1. The Balaban J connectivity index is 1.95. The third-order valence-electron chi connectivity index (χ3n) is 4.16. The molecule has 2 rings (SSSR count). The highest BCUT2D eigenvalue weighted by atomic mass is 16.5. The van der Waals surface area contributed by atoms with Gasteiger partial charge >= 0.3 is 0 Å². The predicted octanol–water partition coefficient (Wildman–Crippen LogP) is 3.48. The number of nitriles is 1. The molecule has 1 fully saturated rings. The van der Waals surface area contributed by atoms with Crippen LogP contribution in [0.2, 0.25) is 0 Å². The summed E-state index contributed by atoms with van der Waals surface area (Å²) in [5, 5.41) is 12.6. The molecule has 0 saturated heterocycles. The third-order valence-corrected chi connectivity index (χ3v) is 4.16. The fourth-order valence-corrected chi connectivity index (χ4v) is 3.31. The van der Waals surface area contributed by atoms with Crippen LogP contribution in [0.4, 0.5) is 0 Å². The number of rotatable bonds is 4. The number of methoxy groups -OCH3 is 1. The first-order chi connectivity index (χ1) is 9.62. The Kier molecular flexibility index (Phi) is 5.03. The second kappa shape index (κ2) is 6.76. The highest BCUT2D eigenvalue weighted by molar-refractivity contribution is 5.45. The molecule has 1 aliphatic carbocycles. The summed E-state index contributed by atoms with van der Waals surface area (Å²) in [6.07, 6.45) is 3.87. The van der Waals surface area contributed by atoms with Crippen LogP contribution < -0.4 is 10.1 Å². The summed E-state index contributed by atoms with van der Waals surface area (Å²) >= 11 is 0. The standard InChI is InChI=1S/C17H24N2O/c1-12-6-13(2)8-16(7-12)19-11-14-4-5-15(10-18)17(9-14)20-3/h4-5,9,12-13,16,19H,6-8,11H2,1-3H3. The molecule has 0 heterocycles. The van der Waals surface area contributed by atoms with Crippen LogP contribution >= 0.6 is 0 Å². The van der Waals surface area contributed by atoms with Gasteiger partial charge in [0.2, 0.25) is 0 Å². The summed E-state index contributed by atoms with van der Waals surface area (Å²) in [4.78, 5) is 0. The van der Waals surface area contributed by atoms with Crippen molar-refractivity contribution in [2.75, 3.05) is 7.11 Å². The van der Waals surface area contributed by atoms with Gasteiger partial charge < -0.3 is 10.1 Å². The van der Waals surface area contributed by atoms with Crippen molar-refractivity contribution in [2.45, 2.75) is 45.7 Å². The summed E-state index contributed by atoms with van der Waals surface area (Å²) < 4.78 is 5.25. The van der Waals surface area contributed by atoms with Gasteiger partial charge in [-0.3, -0.25) is 0 Å². The molecule has 0 radical (unpaired) electrons. The number of hydrogen-bond donors (Lipinski definition) is 1. The summed E-state index contributed by atoms with van der Waals surface area (Å²) in [6.45, 7) is 5.52. The molecule has 20 heavy (non-hydrogen) atoms. The van der Waals surface area contributed by atoms with Gasteiger partial charge in [-0.15, -0.1) is 0 Å². The van der Waals surface area contributed by atoms with E-state index < -0.39 is 0 Å².